The lowest BCUT2D eigenvalue weighted by Crippen LogP contribution is -2.28. The summed E-state index contributed by atoms with van der Waals surface area (Å²) in [7, 11) is 1.44. The molecule has 0 fully saturated rings. The molecule has 0 aromatic heterocycles. The van der Waals surface area contributed by atoms with Crippen LogP contribution in [0, 0.1) is 0 Å². The Labute approximate surface area is 114 Å². The summed E-state index contributed by atoms with van der Waals surface area (Å²) in [5, 5.41) is 0. The molecule has 1 aromatic rings. The fourth-order valence-electron chi connectivity index (χ4n) is 2.33. The van der Waals surface area contributed by atoms with Crippen LogP contribution in [-0.2, 0) is 16.1 Å². The van der Waals surface area contributed by atoms with Crippen LogP contribution in [0.5, 0.6) is 0 Å². The Bertz CT molecular complexity index is 439. The molecule has 0 saturated carbocycles. The van der Waals surface area contributed by atoms with Crippen molar-refractivity contribution in [3.8, 4) is 0 Å². The lowest BCUT2D eigenvalue weighted by atomic mass is 10.0. The summed E-state index contributed by atoms with van der Waals surface area (Å²) in [5.41, 5.74) is 2.74. The van der Waals surface area contributed by atoms with E-state index in [0.717, 1.165) is 32.5 Å². The van der Waals surface area contributed by atoms with Crippen LogP contribution in [0.4, 0.5) is 0 Å². The highest BCUT2D eigenvalue weighted by Gasteiger charge is 2.12. The lowest BCUT2D eigenvalue weighted by molar-refractivity contribution is -0.140. The van der Waals surface area contributed by atoms with Crippen molar-refractivity contribution in [1.82, 2.24) is 4.90 Å². The van der Waals surface area contributed by atoms with Crippen LogP contribution in [0.3, 0.4) is 0 Å². The Kier molecular flexibility index (Phi) is 5.16. The van der Waals surface area contributed by atoms with Crippen LogP contribution in [-0.4, -0.2) is 31.1 Å². The highest BCUT2D eigenvalue weighted by atomic mass is 16.5. The second kappa shape index (κ2) is 7.10. The molecule has 1 aliphatic rings. The number of esters is 1. The maximum Gasteiger partial charge on any atom is 0.305 e. The molecule has 0 atom stereocenters. The van der Waals surface area contributed by atoms with Gasteiger partial charge in [-0.1, -0.05) is 42.0 Å². The summed E-state index contributed by atoms with van der Waals surface area (Å²) < 4.78 is 4.66. The fourth-order valence-corrected chi connectivity index (χ4v) is 2.33. The Balaban J connectivity index is 1.78. The van der Waals surface area contributed by atoms with Crippen LogP contribution in [0.25, 0.3) is 0 Å². The number of methoxy groups -OCH3 is 1. The monoisotopic (exact) mass is 259 g/mol. The van der Waals surface area contributed by atoms with Crippen molar-refractivity contribution in [3.63, 3.8) is 0 Å². The molecule has 1 heterocycles. The van der Waals surface area contributed by atoms with E-state index < -0.39 is 0 Å². The molecule has 0 bridgehead atoms. The fraction of sp³-hybridized carbons (Fsp3) is 0.438. The van der Waals surface area contributed by atoms with E-state index in [4.69, 9.17) is 0 Å². The Morgan fingerprint density at radius 1 is 1.32 bits per heavy atom. The average Bonchev–Trinajstić information content (AvgIpc) is 2.47. The molecular weight excluding hydrogens is 238 g/mol. The van der Waals surface area contributed by atoms with Crippen LogP contribution in [0.2, 0.25) is 0 Å². The van der Waals surface area contributed by atoms with Crippen LogP contribution < -0.4 is 0 Å². The summed E-state index contributed by atoms with van der Waals surface area (Å²) in [6.07, 6.45) is 4.66. The van der Waals surface area contributed by atoms with Gasteiger partial charge in [-0.2, -0.15) is 0 Å². The topological polar surface area (TPSA) is 29.5 Å². The first-order valence-corrected chi connectivity index (χ1v) is 6.79. The Morgan fingerprint density at radius 2 is 2.11 bits per heavy atom. The zero-order valence-corrected chi connectivity index (χ0v) is 11.5. The van der Waals surface area contributed by atoms with Gasteiger partial charge in [0, 0.05) is 26.1 Å². The van der Waals surface area contributed by atoms with E-state index in [1.165, 1.54) is 18.2 Å². The number of benzene rings is 1. The van der Waals surface area contributed by atoms with E-state index in [1.54, 1.807) is 0 Å². The molecule has 3 nitrogen and oxygen atoms in total. The minimum Gasteiger partial charge on any atom is -0.469 e. The molecule has 0 unspecified atom stereocenters. The van der Waals surface area contributed by atoms with Gasteiger partial charge in [-0.15, -0.1) is 0 Å². The predicted octanol–water partition coefficient (Wildman–Crippen LogP) is 2.77. The molecular formula is C16H21NO2. The van der Waals surface area contributed by atoms with E-state index in [9.17, 15) is 4.79 Å². The third kappa shape index (κ3) is 4.52. The zero-order valence-electron chi connectivity index (χ0n) is 11.5. The van der Waals surface area contributed by atoms with Crippen molar-refractivity contribution >= 4 is 5.97 Å². The largest absolute Gasteiger partial charge is 0.469 e. The molecule has 0 spiro atoms. The lowest BCUT2D eigenvalue weighted by Gasteiger charge is -2.26. The van der Waals surface area contributed by atoms with Gasteiger partial charge in [0.05, 0.1) is 7.11 Å². The van der Waals surface area contributed by atoms with Gasteiger partial charge < -0.3 is 4.74 Å². The van der Waals surface area contributed by atoms with E-state index in [1.807, 2.05) is 6.07 Å². The minimum atomic E-state index is -0.118. The molecule has 0 saturated heterocycles. The second-order valence-electron chi connectivity index (χ2n) is 4.91. The molecule has 2 rings (SSSR count). The van der Waals surface area contributed by atoms with Gasteiger partial charge >= 0.3 is 5.97 Å². The van der Waals surface area contributed by atoms with Gasteiger partial charge in [0.15, 0.2) is 0 Å². The highest BCUT2D eigenvalue weighted by molar-refractivity contribution is 5.69. The first kappa shape index (κ1) is 13.8. The van der Waals surface area contributed by atoms with Crippen molar-refractivity contribution in [2.75, 3.05) is 20.2 Å². The molecule has 3 heteroatoms. The maximum atomic E-state index is 11.1. The first-order chi connectivity index (χ1) is 9.28. The minimum absolute atomic E-state index is 0.118. The van der Waals surface area contributed by atoms with Crippen molar-refractivity contribution in [2.45, 2.75) is 25.8 Å². The van der Waals surface area contributed by atoms with E-state index in [2.05, 4.69) is 40.0 Å². The number of carbonyl (C=O) groups is 1. The average molecular weight is 259 g/mol. The summed E-state index contributed by atoms with van der Waals surface area (Å²) in [5.74, 6) is -0.118. The van der Waals surface area contributed by atoms with E-state index >= 15 is 0 Å². The van der Waals surface area contributed by atoms with Gasteiger partial charge in [-0.05, 0) is 18.4 Å². The van der Waals surface area contributed by atoms with Gasteiger partial charge in [-0.25, -0.2) is 0 Å². The number of ether oxygens (including phenoxy) is 1. The van der Waals surface area contributed by atoms with E-state index in [-0.39, 0.29) is 5.97 Å². The summed E-state index contributed by atoms with van der Waals surface area (Å²) in [6, 6.07) is 10.5. The molecule has 0 amide bonds. The first-order valence-electron chi connectivity index (χ1n) is 6.79. The van der Waals surface area contributed by atoms with Gasteiger partial charge in [0.25, 0.3) is 0 Å². The standard InChI is InChI=1S/C16H21NO2/c1-19-16(18)8-7-14-9-11-17(12-10-14)13-15-5-3-2-4-6-15/h2-6,9H,7-8,10-13H2,1H3. The highest BCUT2D eigenvalue weighted by Crippen LogP contribution is 2.17. The number of hydrogen-bond acceptors (Lipinski definition) is 3. The van der Waals surface area contributed by atoms with Crippen LogP contribution in [0.1, 0.15) is 24.8 Å². The van der Waals surface area contributed by atoms with Crippen molar-refractivity contribution in [2.24, 2.45) is 0 Å². The van der Waals surface area contributed by atoms with Crippen LogP contribution in [0.15, 0.2) is 42.0 Å². The molecule has 1 aromatic carbocycles. The second-order valence-corrected chi connectivity index (χ2v) is 4.91. The normalized spacial score (nSPS) is 15.9. The molecule has 19 heavy (non-hydrogen) atoms. The Morgan fingerprint density at radius 3 is 2.74 bits per heavy atom. The number of rotatable bonds is 5. The third-order valence-electron chi connectivity index (χ3n) is 3.51. The summed E-state index contributed by atoms with van der Waals surface area (Å²) >= 11 is 0. The maximum absolute atomic E-state index is 11.1. The third-order valence-corrected chi connectivity index (χ3v) is 3.51. The molecule has 0 N–H and O–H groups in total. The van der Waals surface area contributed by atoms with Gasteiger partial charge in [0.1, 0.15) is 0 Å². The predicted molar refractivity (Wildman–Crippen MR) is 75.7 cm³/mol. The summed E-state index contributed by atoms with van der Waals surface area (Å²) in [4.78, 5) is 13.5. The molecule has 1 aliphatic heterocycles. The SMILES string of the molecule is COC(=O)CCC1=CCN(Cc2ccccc2)CC1. The Hall–Kier alpha value is -1.61. The van der Waals surface area contributed by atoms with Crippen molar-refractivity contribution < 1.29 is 9.53 Å². The smallest absolute Gasteiger partial charge is 0.305 e. The molecule has 0 aliphatic carbocycles. The number of hydrogen-bond donors (Lipinski definition) is 0. The summed E-state index contributed by atoms with van der Waals surface area (Å²) in [6.45, 7) is 3.05. The number of nitrogens with zero attached hydrogens (tertiary/aromatic N) is 1. The van der Waals surface area contributed by atoms with Crippen molar-refractivity contribution in [3.05, 3.63) is 47.5 Å². The quantitative estimate of drug-likeness (QED) is 0.601. The van der Waals surface area contributed by atoms with E-state index in [0.29, 0.717) is 6.42 Å². The van der Waals surface area contributed by atoms with Crippen LogP contribution >= 0.6 is 0 Å². The van der Waals surface area contributed by atoms with Crippen molar-refractivity contribution in [1.29, 1.82) is 0 Å². The zero-order chi connectivity index (χ0) is 13.5. The molecule has 102 valence electrons. The van der Waals surface area contributed by atoms with Gasteiger partial charge in [0.2, 0.25) is 0 Å². The molecule has 0 radical (unpaired) electrons. The number of carbonyl (C=O) groups excluding carboxylic acids is 1. The van der Waals surface area contributed by atoms with Gasteiger partial charge in [-0.3, -0.25) is 9.69 Å².